The van der Waals surface area contributed by atoms with Gasteiger partial charge in [-0.25, -0.2) is 9.18 Å². The van der Waals surface area contributed by atoms with Gasteiger partial charge in [0.2, 0.25) is 0 Å². The average molecular weight is 210 g/mol. The number of hydrogen-bond donors (Lipinski definition) is 1. The van der Waals surface area contributed by atoms with Crippen molar-refractivity contribution in [2.45, 2.75) is 13.0 Å². The molecule has 2 N–H and O–H groups in total. The molecular weight excluding hydrogens is 199 g/mol. The number of benzene rings is 1. The molecule has 15 heavy (non-hydrogen) atoms. The van der Waals surface area contributed by atoms with Gasteiger partial charge in [-0.15, -0.1) is 0 Å². The fraction of sp³-hybridized carbons (Fsp3) is 0.300. The van der Waals surface area contributed by atoms with Crippen LogP contribution in [-0.2, 0) is 4.74 Å². The van der Waals surface area contributed by atoms with E-state index in [1.54, 1.807) is 13.0 Å². The van der Waals surface area contributed by atoms with Crippen molar-refractivity contribution in [3.63, 3.8) is 0 Å². The highest BCUT2D eigenvalue weighted by Gasteiger charge is 2.30. The topological polar surface area (TPSA) is 55.6 Å². The number of rotatable bonds is 1. The second-order valence-electron chi connectivity index (χ2n) is 3.52. The van der Waals surface area contributed by atoms with Gasteiger partial charge in [0.05, 0.1) is 12.2 Å². The summed E-state index contributed by atoms with van der Waals surface area (Å²) in [4.78, 5) is 12.6. The molecule has 80 valence electrons. The Morgan fingerprint density at radius 3 is 2.87 bits per heavy atom. The van der Waals surface area contributed by atoms with Gasteiger partial charge in [-0.05, 0) is 25.1 Å². The largest absolute Gasteiger partial charge is 0.444 e. The quantitative estimate of drug-likeness (QED) is 0.718. The Bertz CT molecular complexity index is 408. The minimum absolute atomic E-state index is 0.207. The van der Waals surface area contributed by atoms with E-state index in [-0.39, 0.29) is 11.8 Å². The monoisotopic (exact) mass is 210 g/mol. The summed E-state index contributed by atoms with van der Waals surface area (Å²) in [5, 5.41) is 0. The molecule has 1 amide bonds. The number of hydrogen-bond acceptors (Lipinski definition) is 3. The standard InChI is InChI=1S/C10H11FN2O2/c1-6-5-13(10(14)15-6)9-3-2-7(12)4-8(9)11/h2-4,6H,5,12H2,1H3. The van der Waals surface area contributed by atoms with Crippen LogP contribution in [0.15, 0.2) is 18.2 Å². The molecule has 1 aliphatic heterocycles. The van der Waals surface area contributed by atoms with Crippen molar-refractivity contribution in [3.05, 3.63) is 24.0 Å². The number of nitrogens with two attached hydrogens (primary N) is 1. The van der Waals surface area contributed by atoms with E-state index >= 15 is 0 Å². The molecule has 0 spiro atoms. The van der Waals surface area contributed by atoms with E-state index in [0.29, 0.717) is 12.2 Å². The molecule has 1 aliphatic rings. The van der Waals surface area contributed by atoms with Gasteiger partial charge < -0.3 is 10.5 Å². The van der Waals surface area contributed by atoms with E-state index < -0.39 is 11.9 Å². The molecule has 1 aromatic carbocycles. The number of halogens is 1. The van der Waals surface area contributed by atoms with Crippen LogP contribution in [-0.4, -0.2) is 18.7 Å². The predicted octanol–water partition coefficient (Wildman–Crippen LogP) is 1.75. The molecule has 1 aromatic rings. The lowest BCUT2D eigenvalue weighted by molar-refractivity contribution is 0.150. The minimum Gasteiger partial charge on any atom is -0.444 e. The first-order valence-corrected chi connectivity index (χ1v) is 4.61. The lowest BCUT2D eigenvalue weighted by Gasteiger charge is -2.13. The first kappa shape index (κ1) is 9.76. The fourth-order valence-corrected chi connectivity index (χ4v) is 1.54. The highest BCUT2D eigenvalue weighted by atomic mass is 19.1. The molecule has 0 aromatic heterocycles. The number of cyclic esters (lactones) is 1. The van der Waals surface area contributed by atoms with Gasteiger partial charge in [0, 0.05) is 5.69 Å². The number of ether oxygens (including phenoxy) is 1. The zero-order valence-corrected chi connectivity index (χ0v) is 8.24. The van der Waals surface area contributed by atoms with Crippen LogP contribution in [0, 0.1) is 5.82 Å². The third-order valence-corrected chi connectivity index (χ3v) is 2.22. The molecule has 1 fully saturated rings. The van der Waals surface area contributed by atoms with Crippen molar-refractivity contribution >= 4 is 17.5 Å². The van der Waals surface area contributed by atoms with Gasteiger partial charge in [0.15, 0.2) is 0 Å². The molecule has 1 unspecified atom stereocenters. The number of carbonyl (C=O) groups excluding carboxylic acids is 1. The van der Waals surface area contributed by atoms with Gasteiger partial charge in [-0.3, -0.25) is 4.90 Å². The molecule has 4 nitrogen and oxygen atoms in total. The Labute approximate surface area is 86.4 Å². The summed E-state index contributed by atoms with van der Waals surface area (Å²) in [6, 6.07) is 4.21. The first-order chi connectivity index (χ1) is 7.08. The summed E-state index contributed by atoms with van der Waals surface area (Å²) in [5.74, 6) is -0.513. The summed E-state index contributed by atoms with van der Waals surface area (Å²) < 4.78 is 18.4. The summed E-state index contributed by atoms with van der Waals surface area (Å²) in [7, 11) is 0. The second-order valence-corrected chi connectivity index (χ2v) is 3.52. The minimum atomic E-state index is -0.522. The highest BCUT2D eigenvalue weighted by molar-refractivity contribution is 5.90. The van der Waals surface area contributed by atoms with E-state index in [9.17, 15) is 9.18 Å². The van der Waals surface area contributed by atoms with Crippen LogP contribution in [0.4, 0.5) is 20.6 Å². The van der Waals surface area contributed by atoms with Crippen molar-refractivity contribution in [2.24, 2.45) is 0 Å². The Kier molecular flexibility index (Phi) is 2.22. The lowest BCUT2D eigenvalue weighted by Crippen LogP contribution is -2.25. The number of amides is 1. The van der Waals surface area contributed by atoms with Gasteiger partial charge in [0.25, 0.3) is 0 Å². The van der Waals surface area contributed by atoms with Crippen LogP contribution >= 0.6 is 0 Å². The molecule has 0 radical (unpaired) electrons. The van der Waals surface area contributed by atoms with E-state index in [4.69, 9.17) is 10.5 Å². The Hall–Kier alpha value is -1.78. The smallest absolute Gasteiger partial charge is 0.414 e. The Morgan fingerprint density at radius 1 is 1.60 bits per heavy atom. The highest BCUT2D eigenvalue weighted by Crippen LogP contribution is 2.25. The zero-order valence-electron chi connectivity index (χ0n) is 8.24. The van der Waals surface area contributed by atoms with Crippen molar-refractivity contribution in [1.82, 2.24) is 0 Å². The Balaban J connectivity index is 2.34. The molecule has 2 rings (SSSR count). The zero-order chi connectivity index (χ0) is 11.0. The predicted molar refractivity (Wildman–Crippen MR) is 54.1 cm³/mol. The summed E-state index contributed by atoms with van der Waals surface area (Å²) in [6.07, 6.45) is -0.736. The van der Waals surface area contributed by atoms with Crippen molar-refractivity contribution in [2.75, 3.05) is 17.2 Å². The maximum atomic E-state index is 13.5. The summed E-state index contributed by atoms with van der Waals surface area (Å²) in [5.41, 5.74) is 5.95. The lowest BCUT2D eigenvalue weighted by atomic mass is 10.2. The third-order valence-electron chi connectivity index (χ3n) is 2.22. The maximum Gasteiger partial charge on any atom is 0.414 e. The van der Waals surface area contributed by atoms with E-state index in [1.807, 2.05) is 0 Å². The normalized spacial score (nSPS) is 20.5. The van der Waals surface area contributed by atoms with Crippen LogP contribution in [0.5, 0.6) is 0 Å². The van der Waals surface area contributed by atoms with Crippen LogP contribution in [0.25, 0.3) is 0 Å². The third kappa shape index (κ3) is 1.72. The van der Waals surface area contributed by atoms with Crippen molar-refractivity contribution in [3.8, 4) is 0 Å². The number of anilines is 2. The maximum absolute atomic E-state index is 13.5. The summed E-state index contributed by atoms with van der Waals surface area (Å²) in [6.45, 7) is 2.12. The van der Waals surface area contributed by atoms with Crippen LogP contribution in [0.2, 0.25) is 0 Å². The molecule has 0 aliphatic carbocycles. The van der Waals surface area contributed by atoms with Gasteiger partial charge in [-0.1, -0.05) is 0 Å². The van der Waals surface area contributed by atoms with E-state index in [1.165, 1.54) is 17.0 Å². The first-order valence-electron chi connectivity index (χ1n) is 4.61. The molecule has 1 saturated heterocycles. The van der Waals surface area contributed by atoms with E-state index in [2.05, 4.69) is 0 Å². The molecule has 0 saturated carbocycles. The van der Waals surface area contributed by atoms with Crippen molar-refractivity contribution in [1.29, 1.82) is 0 Å². The molecule has 1 heterocycles. The van der Waals surface area contributed by atoms with Gasteiger partial charge in [-0.2, -0.15) is 0 Å². The van der Waals surface area contributed by atoms with Crippen molar-refractivity contribution < 1.29 is 13.9 Å². The van der Waals surface area contributed by atoms with Crippen LogP contribution in [0.1, 0.15) is 6.92 Å². The second kappa shape index (κ2) is 3.42. The van der Waals surface area contributed by atoms with Crippen LogP contribution < -0.4 is 10.6 Å². The van der Waals surface area contributed by atoms with Gasteiger partial charge in [0.1, 0.15) is 11.9 Å². The average Bonchev–Trinajstić information content (AvgIpc) is 2.45. The number of nitrogens with zero attached hydrogens (tertiary/aromatic N) is 1. The summed E-state index contributed by atoms with van der Waals surface area (Å²) >= 11 is 0. The number of carbonyl (C=O) groups is 1. The SMILES string of the molecule is CC1CN(c2ccc(N)cc2F)C(=O)O1. The molecule has 1 atom stereocenters. The Morgan fingerprint density at radius 2 is 2.33 bits per heavy atom. The van der Waals surface area contributed by atoms with E-state index in [0.717, 1.165) is 0 Å². The molecular formula is C10H11FN2O2. The number of nitrogen functional groups attached to an aromatic ring is 1. The molecule has 5 heteroatoms. The van der Waals surface area contributed by atoms with Gasteiger partial charge >= 0.3 is 6.09 Å². The molecule has 0 bridgehead atoms. The van der Waals surface area contributed by atoms with Crippen LogP contribution in [0.3, 0.4) is 0 Å². The fourth-order valence-electron chi connectivity index (χ4n) is 1.54.